The Labute approximate surface area is 179 Å². The number of hydrogen-bond donors (Lipinski definition) is 0. The van der Waals surface area contributed by atoms with Crippen molar-refractivity contribution in [2.75, 3.05) is 46.8 Å². The van der Waals surface area contributed by atoms with Gasteiger partial charge >= 0.3 is 5.97 Å². The molecule has 1 aromatic carbocycles. The van der Waals surface area contributed by atoms with Gasteiger partial charge in [0.15, 0.2) is 0 Å². The molecule has 1 saturated heterocycles. The summed E-state index contributed by atoms with van der Waals surface area (Å²) in [5.41, 5.74) is 0.823. The number of pyridine rings is 1. The van der Waals surface area contributed by atoms with Gasteiger partial charge in [0.2, 0.25) is 0 Å². The van der Waals surface area contributed by atoms with E-state index in [1.165, 1.54) is 19.5 Å². The molecule has 9 heteroatoms. The highest BCUT2D eigenvalue weighted by molar-refractivity contribution is 7.98. The Hall–Kier alpha value is -2.78. The molecule has 0 spiro atoms. The van der Waals surface area contributed by atoms with Crippen molar-refractivity contribution < 1.29 is 28.5 Å². The average molecular weight is 432 g/mol. The number of hydrogen-bond acceptors (Lipinski definition) is 8. The highest BCUT2D eigenvalue weighted by Crippen LogP contribution is 2.27. The molecule has 1 aliphatic heterocycles. The number of thioether (sulfide) groups is 1. The third kappa shape index (κ3) is 5.22. The first-order chi connectivity index (χ1) is 14.5. The van der Waals surface area contributed by atoms with Crippen molar-refractivity contribution in [2.45, 2.75) is 11.0 Å². The van der Waals surface area contributed by atoms with Crippen LogP contribution in [-0.4, -0.2) is 74.6 Å². The smallest absolute Gasteiger partial charge is 0.339 e. The number of aromatic nitrogens is 1. The minimum atomic E-state index is -0.486. The summed E-state index contributed by atoms with van der Waals surface area (Å²) >= 11 is 1.59. The van der Waals surface area contributed by atoms with Gasteiger partial charge in [0.05, 0.1) is 44.7 Å². The third-order valence-electron chi connectivity index (χ3n) is 4.64. The van der Waals surface area contributed by atoms with Gasteiger partial charge in [-0.25, -0.2) is 4.79 Å². The molecule has 0 radical (unpaired) electrons. The van der Waals surface area contributed by atoms with Crippen molar-refractivity contribution in [3.63, 3.8) is 0 Å². The topological polar surface area (TPSA) is 87.2 Å². The SMILES string of the molecule is COC(=O)c1cncc(OCC2CN(C(=O)c3ccc(SC)cc3OC)CCO2)c1. The van der Waals surface area contributed by atoms with Gasteiger partial charge in [-0.15, -0.1) is 11.8 Å². The van der Waals surface area contributed by atoms with Crippen molar-refractivity contribution in [1.29, 1.82) is 0 Å². The zero-order valence-electron chi connectivity index (χ0n) is 17.1. The number of ether oxygens (including phenoxy) is 4. The summed E-state index contributed by atoms with van der Waals surface area (Å²) in [6.45, 7) is 1.50. The van der Waals surface area contributed by atoms with Gasteiger partial charge in [0.1, 0.15) is 24.2 Å². The first kappa shape index (κ1) is 21.9. The Kier molecular flexibility index (Phi) is 7.53. The van der Waals surface area contributed by atoms with Crippen LogP contribution in [0.1, 0.15) is 20.7 Å². The van der Waals surface area contributed by atoms with E-state index in [-0.39, 0.29) is 18.6 Å². The number of carbonyl (C=O) groups excluding carboxylic acids is 2. The molecule has 0 aliphatic carbocycles. The summed E-state index contributed by atoms with van der Waals surface area (Å²) < 4.78 is 21.6. The number of benzene rings is 1. The predicted octanol–water partition coefficient (Wildman–Crippen LogP) is 2.52. The normalized spacial score (nSPS) is 16.1. The number of rotatable bonds is 7. The van der Waals surface area contributed by atoms with Crippen LogP contribution in [0.3, 0.4) is 0 Å². The Morgan fingerprint density at radius 1 is 1.27 bits per heavy atom. The molecule has 1 aliphatic rings. The number of esters is 1. The molecule has 2 heterocycles. The van der Waals surface area contributed by atoms with Gasteiger partial charge in [0.25, 0.3) is 5.91 Å². The lowest BCUT2D eigenvalue weighted by atomic mass is 10.1. The zero-order valence-corrected chi connectivity index (χ0v) is 17.9. The minimum Gasteiger partial charge on any atom is -0.496 e. The quantitative estimate of drug-likeness (QED) is 0.487. The van der Waals surface area contributed by atoms with Crippen molar-refractivity contribution in [2.24, 2.45) is 0 Å². The fourth-order valence-electron chi connectivity index (χ4n) is 3.07. The van der Waals surface area contributed by atoms with E-state index < -0.39 is 5.97 Å². The van der Waals surface area contributed by atoms with Crippen LogP contribution in [0.4, 0.5) is 0 Å². The van der Waals surface area contributed by atoms with Crippen LogP contribution < -0.4 is 9.47 Å². The Morgan fingerprint density at radius 3 is 2.83 bits per heavy atom. The van der Waals surface area contributed by atoms with E-state index in [9.17, 15) is 9.59 Å². The summed E-state index contributed by atoms with van der Waals surface area (Å²) in [4.78, 5) is 31.4. The second-order valence-electron chi connectivity index (χ2n) is 6.52. The molecule has 1 amide bonds. The highest BCUT2D eigenvalue weighted by atomic mass is 32.2. The molecule has 0 N–H and O–H groups in total. The van der Waals surface area contributed by atoms with E-state index >= 15 is 0 Å². The van der Waals surface area contributed by atoms with Gasteiger partial charge in [0, 0.05) is 17.6 Å². The lowest BCUT2D eigenvalue weighted by molar-refractivity contribution is -0.0402. The maximum Gasteiger partial charge on any atom is 0.339 e. The number of carbonyl (C=O) groups is 2. The molecular formula is C21H24N2O6S. The van der Waals surface area contributed by atoms with Gasteiger partial charge in [-0.2, -0.15) is 0 Å². The second-order valence-corrected chi connectivity index (χ2v) is 7.40. The Balaban J connectivity index is 1.63. The number of nitrogens with zero attached hydrogens (tertiary/aromatic N) is 2. The summed E-state index contributed by atoms with van der Waals surface area (Å²) in [6.07, 6.45) is 4.59. The average Bonchev–Trinajstić information content (AvgIpc) is 2.81. The molecule has 1 aromatic heterocycles. The molecule has 0 bridgehead atoms. The molecule has 160 valence electrons. The Morgan fingerprint density at radius 2 is 2.10 bits per heavy atom. The fourth-order valence-corrected chi connectivity index (χ4v) is 3.50. The Bertz CT molecular complexity index is 907. The van der Waals surface area contributed by atoms with E-state index in [4.69, 9.17) is 14.2 Å². The van der Waals surface area contributed by atoms with E-state index in [1.807, 2.05) is 18.4 Å². The van der Waals surface area contributed by atoms with Crippen LogP contribution in [0.15, 0.2) is 41.6 Å². The van der Waals surface area contributed by atoms with Crippen molar-refractivity contribution >= 4 is 23.6 Å². The molecule has 1 fully saturated rings. The summed E-state index contributed by atoms with van der Waals surface area (Å²) in [5.74, 6) is 0.387. The van der Waals surface area contributed by atoms with Crippen LogP contribution in [0.2, 0.25) is 0 Å². The second kappa shape index (κ2) is 10.3. The largest absolute Gasteiger partial charge is 0.496 e. The van der Waals surface area contributed by atoms with Crippen LogP contribution in [0.5, 0.6) is 11.5 Å². The third-order valence-corrected chi connectivity index (χ3v) is 5.36. The zero-order chi connectivity index (χ0) is 21.5. The van der Waals surface area contributed by atoms with Crippen LogP contribution >= 0.6 is 11.8 Å². The van der Waals surface area contributed by atoms with Crippen LogP contribution in [-0.2, 0) is 9.47 Å². The number of morpholine rings is 1. The lowest BCUT2D eigenvalue weighted by Gasteiger charge is -2.33. The van der Waals surface area contributed by atoms with Crippen molar-refractivity contribution in [1.82, 2.24) is 9.88 Å². The molecule has 8 nitrogen and oxygen atoms in total. The van der Waals surface area contributed by atoms with Gasteiger partial charge < -0.3 is 23.8 Å². The molecule has 0 saturated carbocycles. The van der Waals surface area contributed by atoms with E-state index in [0.29, 0.717) is 42.3 Å². The maximum atomic E-state index is 13.0. The maximum absolute atomic E-state index is 13.0. The highest BCUT2D eigenvalue weighted by Gasteiger charge is 2.27. The molecule has 1 atom stereocenters. The van der Waals surface area contributed by atoms with Gasteiger partial charge in [-0.1, -0.05) is 0 Å². The molecule has 1 unspecified atom stereocenters. The van der Waals surface area contributed by atoms with Gasteiger partial charge in [-0.05, 0) is 30.5 Å². The molecule has 3 rings (SSSR count). The first-order valence-electron chi connectivity index (χ1n) is 9.34. The van der Waals surface area contributed by atoms with Crippen LogP contribution in [0.25, 0.3) is 0 Å². The lowest BCUT2D eigenvalue weighted by Crippen LogP contribution is -2.47. The molecule has 30 heavy (non-hydrogen) atoms. The molecular weight excluding hydrogens is 408 g/mol. The fraction of sp³-hybridized carbons (Fsp3) is 0.381. The monoisotopic (exact) mass is 432 g/mol. The predicted molar refractivity (Wildman–Crippen MR) is 111 cm³/mol. The summed E-state index contributed by atoms with van der Waals surface area (Å²) in [7, 11) is 2.86. The minimum absolute atomic E-state index is 0.109. The van der Waals surface area contributed by atoms with Gasteiger partial charge in [-0.3, -0.25) is 9.78 Å². The van der Waals surface area contributed by atoms with E-state index in [1.54, 1.807) is 35.9 Å². The van der Waals surface area contributed by atoms with Crippen LogP contribution in [0, 0.1) is 0 Å². The summed E-state index contributed by atoms with van der Waals surface area (Å²) in [6, 6.07) is 7.11. The van der Waals surface area contributed by atoms with Crippen molar-refractivity contribution in [3.8, 4) is 11.5 Å². The molecule has 2 aromatic rings. The van der Waals surface area contributed by atoms with Crippen molar-refractivity contribution in [3.05, 3.63) is 47.8 Å². The van der Waals surface area contributed by atoms with E-state index in [0.717, 1.165) is 4.90 Å². The number of amides is 1. The van der Waals surface area contributed by atoms with E-state index in [2.05, 4.69) is 9.72 Å². The number of methoxy groups -OCH3 is 2. The standard InChI is InChI=1S/C21H24N2O6S/c1-26-19-9-17(30-3)4-5-18(19)20(24)23-6-7-28-16(12-23)13-29-15-8-14(10-22-11-15)21(25)27-2/h4-5,8-11,16H,6-7,12-13H2,1-3H3. The first-order valence-corrected chi connectivity index (χ1v) is 10.6. The summed E-state index contributed by atoms with van der Waals surface area (Å²) in [5, 5.41) is 0.